The molecule has 1 aromatic carbocycles. The molecule has 2 aromatic rings. The topological polar surface area (TPSA) is 44.8 Å². The summed E-state index contributed by atoms with van der Waals surface area (Å²) in [5.41, 5.74) is 1.52. The largest absolute Gasteiger partial charge is 0.496 e. The van der Waals surface area contributed by atoms with E-state index in [4.69, 9.17) is 14.2 Å². The molecule has 2 heterocycles. The lowest BCUT2D eigenvalue weighted by Gasteiger charge is -2.26. The highest BCUT2D eigenvalue weighted by atomic mass is 32.1. The second kappa shape index (κ2) is 5.17. The Kier molecular flexibility index (Phi) is 3.36. The van der Waals surface area contributed by atoms with Crippen LogP contribution in [0.4, 0.5) is 0 Å². The third-order valence-electron chi connectivity index (χ3n) is 3.33. The van der Waals surface area contributed by atoms with E-state index in [9.17, 15) is 4.79 Å². The average molecular weight is 290 g/mol. The Bertz CT molecular complexity index is 634. The van der Waals surface area contributed by atoms with Crippen molar-refractivity contribution < 1.29 is 19.0 Å². The quantitative estimate of drug-likeness (QED) is 0.868. The molecule has 0 saturated heterocycles. The predicted molar refractivity (Wildman–Crippen MR) is 76.2 cm³/mol. The highest BCUT2D eigenvalue weighted by Crippen LogP contribution is 2.42. The molecule has 3 rings (SSSR count). The number of rotatable bonds is 3. The molecular weight excluding hydrogens is 276 g/mol. The van der Waals surface area contributed by atoms with Crippen molar-refractivity contribution in [2.75, 3.05) is 14.2 Å². The van der Waals surface area contributed by atoms with Crippen LogP contribution in [0, 0.1) is 0 Å². The van der Waals surface area contributed by atoms with E-state index < -0.39 is 0 Å². The molecule has 1 atom stereocenters. The highest BCUT2D eigenvalue weighted by Gasteiger charge is 2.31. The van der Waals surface area contributed by atoms with Gasteiger partial charge in [0.05, 0.1) is 20.6 Å². The molecule has 0 amide bonds. The van der Waals surface area contributed by atoms with Crippen molar-refractivity contribution in [2.24, 2.45) is 0 Å². The first-order valence-corrected chi connectivity index (χ1v) is 7.15. The summed E-state index contributed by atoms with van der Waals surface area (Å²) in [6.07, 6.45) is 0.0879. The van der Waals surface area contributed by atoms with Crippen LogP contribution in [0.1, 0.15) is 28.4 Å². The molecule has 0 bridgehead atoms. The summed E-state index contributed by atoms with van der Waals surface area (Å²) in [5, 5.41) is 3.98. The van der Waals surface area contributed by atoms with Crippen molar-refractivity contribution in [1.82, 2.24) is 0 Å². The number of carbonyl (C=O) groups excluding carboxylic acids is 1. The van der Waals surface area contributed by atoms with Crippen LogP contribution in [0.25, 0.3) is 0 Å². The Balaban J connectivity index is 2.04. The van der Waals surface area contributed by atoms with E-state index in [1.54, 1.807) is 30.6 Å². The van der Waals surface area contributed by atoms with Crippen molar-refractivity contribution in [3.63, 3.8) is 0 Å². The molecule has 104 valence electrons. The first kappa shape index (κ1) is 13.0. The van der Waals surface area contributed by atoms with Crippen LogP contribution >= 0.6 is 11.3 Å². The number of methoxy groups -OCH3 is 2. The summed E-state index contributed by atoms with van der Waals surface area (Å²) in [7, 11) is 3.11. The molecule has 0 saturated carbocycles. The van der Waals surface area contributed by atoms with Crippen molar-refractivity contribution in [3.8, 4) is 17.2 Å². The lowest BCUT2D eigenvalue weighted by atomic mass is 9.97. The van der Waals surface area contributed by atoms with Gasteiger partial charge in [-0.25, -0.2) is 0 Å². The number of ketones is 1. The number of hydrogen-bond donors (Lipinski definition) is 0. The molecule has 1 unspecified atom stereocenters. The second-order valence-electron chi connectivity index (χ2n) is 4.49. The van der Waals surface area contributed by atoms with E-state index in [1.165, 1.54) is 7.11 Å². The number of carbonyl (C=O) groups is 1. The van der Waals surface area contributed by atoms with Gasteiger partial charge in [0.25, 0.3) is 0 Å². The normalized spacial score (nSPS) is 17.3. The van der Waals surface area contributed by atoms with E-state index >= 15 is 0 Å². The minimum Gasteiger partial charge on any atom is -0.496 e. The van der Waals surface area contributed by atoms with E-state index in [-0.39, 0.29) is 11.9 Å². The molecular formula is C15H14O4S. The van der Waals surface area contributed by atoms with Crippen LogP contribution in [-0.4, -0.2) is 20.0 Å². The van der Waals surface area contributed by atoms with Crippen molar-refractivity contribution in [2.45, 2.75) is 12.5 Å². The maximum atomic E-state index is 12.4. The van der Waals surface area contributed by atoms with Gasteiger partial charge in [0.1, 0.15) is 28.9 Å². The van der Waals surface area contributed by atoms with Crippen LogP contribution < -0.4 is 14.2 Å². The Morgan fingerprint density at radius 3 is 2.80 bits per heavy atom. The third-order valence-corrected chi connectivity index (χ3v) is 4.03. The molecule has 5 heteroatoms. The first-order valence-electron chi connectivity index (χ1n) is 6.21. The molecule has 20 heavy (non-hydrogen) atoms. The maximum Gasteiger partial charge on any atom is 0.174 e. The summed E-state index contributed by atoms with van der Waals surface area (Å²) >= 11 is 1.59. The summed E-state index contributed by atoms with van der Waals surface area (Å²) in [6.45, 7) is 0. The fourth-order valence-electron chi connectivity index (χ4n) is 2.32. The molecule has 1 aliphatic heterocycles. The fourth-order valence-corrected chi connectivity index (χ4v) is 3.02. The smallest absolute Gasteiger partial charge is 0.174 e. The average Bonchev–Trinajstić information content (AvgIpc) is 2.99. The zero-order chi connectivity index (χ0) is 14.1. The van der Waals surface area contributed by atoms with Crippen LogP contribution in [0.5, 0.6) is 17.2 Å². The Morgan fingerprint density at radius 1 is 1.30 bits per heavy atom. The van der Waals surface area contributed by atoms with Gasteiger partial charge in [0.15, 0.2) is 5.78 Å². The van der Waals surface area contributed by atoms with Crippen molar-refractivity contribution in [1.29, 1.82) is 0 Å². The molecule has 0 radical (unpaired) electrons. The zero-order valence-electron chi connectivity index (χ0n) is 11.2. The number of Topliss-reactive ketones (excluding diaryl/α,β-unsaturated/α-hetero) is 1. The van der Waals surface area contributed by atoms with Gasteiger partial charge < -0.3 is 14.2 Å². The van der Waals surface area contributed by atoms with E-state index in [1.807, 2.05) is 16.8 Å². The molecule has 4 nitrogen and oxygen atoms in total. The van der Waals surface area contributed by atoms with E-state index in [0.29, 0.717) is 29.2 Å². The summed E-state index contributed by atoms with van der Waals surface area (Å²) in [5.74, 6) is 1.66. The predicted octanol–water partition coefficient (Wildman–Crippen LogP) is 3.47. The summed E-state index contributed by atoms with van der Waals surface area (Å²) in [6, 6.07) is 5.41. The lowest BCUT2D eigenvalue weighted by molar-refractivity contribution is 0.0844. The Labute approximate surface area is 120 Å². The molecule has 0 spiro atoms. The van der Waals surface area contributed by atoms with E-state index in [0.717, 1.165) is 5.56 Å². The number of ether oxygens (including phenoxy) is 3. The van der Waals surface area contributed by atoms with Crippen LogP contribution in [0.15, 0.2) is 29.0 Å². The van der Waals surface area contributed by atoms with Crippen molar-refractivity contribution in [3.05, 3.63) is 40.1 Å². The minimum absolute atomic E-state index is 0.0296. The first-order chi connectivity index (χ1) is 9.72. The molecule has 0 fully saturated rings. The third kappa shape index (κ3) is 2.14. The number of fused-ring (bicyclic) bond motifs is 1. The summed E-state index contributed by atoms with van der Waals surface area (Å²) in [4.78, 5) is 12.4. The number of hydrogen-bond acceptors (Lipinski definition) is 5. The van der Waals surface area contributed by atoms with Gasteiger partial charge in [-0.2, -0.15) is 11.3 Å². The van der Waals surface area contributed by atoms with Crippen molar-refractivity contribution >= 4 is 17.1 Å². The van der Waals surface area contributed by atoms with E-state index in [2.05, 4.69) is 0 Å². The number of thiophene rings is 1. The van der Waals surface area contributed by atoms with Gasteiger partial charge in [-0.3, -0.25) is 4.79 Å². The van der Waals surface area contributed by atoms with Crippen LogP contribution in [-0.2, 0) is 0 Å². The summed E-state index contributed by atoms with van der Waals surface area (Å²) < 4.78 is 16.4. The second-order valence-corrected chi connectivity index (χ2v) is 5.27. The monoisotopic (exact) mass is 290 g/mol. The molecule has 1 aliphatic rings. The van der Waals surface area contributed by atoms with Gasteiger partial charge in [-0.15, -0.1) is 0 Å². The molecule has 0 N–H and O–H groups in total. The maximum absolute atomic E-state index is 12.4. The zero-order valence-corrected chi connectivity index (χ0v) is 12.0. The number of benzene rings is 1. The SMILES string of the molecule is COc1cc(OC)c2c(c1)OC(c1ccsc1)CC2=O. The molecule has 0 aliphatic carbocycles. The van der Waals surface area contributed by atoms with Crippen LogP contribution in [0.3, 0.4) is 0 Å². The van der Waals surface area contributed by atoms with Gasteiger partial charge in [0.2, 0.25) is 0 Å². The van der Waals surface area contributed by atoms with Gasteiger partial charge in [0, 0.05) is 17.7 Å². The fraction of sp³-hybridized carbons (Fsp3) is 0.267. The Hall–Kier alpha value is -2.01. The van der Waals surface area contributed by atoms with Gasteiger partial charge in [-0.05, 0) is 16.8 Å². The standard InChI is InChI=1S/C15H14O4S/c1-17-10-5-13(18-2)15-11(16)7-12(19-14(15)6-10)9-3-4-20-8-9/h3-6,8,12H,7H2,1-2H3. The lowest BCUT2D eigenvalue weighted by Crippen LogP contribution is -2.20. The highest BCUT2D eigenvalue weighted by molar-refractivity contribution is 7.07. The van der Waals surface area contributed by atoms with Gasteiger partial charge in [-0.1, -0.05) is 0 Å². The van der Waals surface area contributed by atoms with Gasteiger partial charge >= 0.3 is 0 Å². The minimum atomic E-state index is -0.238. The molecule has 1 aromatic heterocycles. The Morgan fingerprint density at radius 2 is 2.15 bits per heavy atom. The van der Waals surface area contributed by atoms with Crippen LogP contribution in [0.2, 0.25) is 0 Å².